The van der Waals surface area contributed by atoms with E-state index in [0.29, 0.717) is 6.42 Å². The van der Waals surface area contributed by atoms with Crippen LogP contribution >= 0.6 is 0 Å². The van der Waals surface area contributed by atoms with Gasteiger partial charge in [-0.2, -0.15) is 0 Å². The van der Waals surface area contributed by atoms with Gasteiger partial charge in [0, 0.05) is 12.5 Å². The molecule has 13 heavy (non-hydrogen) atoms. The summed E-state index contributed by atoms with van der Waals surface area (Å²) in [6, 6.07) is 0. The number of nitrogens with one attached hydrogen (secondary N) is 1. The van der Waals surface area contributed by atoms with Crippen molar-refractivity contribution in [2.45, 2.75) is 36.8 Å². The monoisotopic (exact) mass is 185 g/mol. The first kappa shape index (κ1) is 8.17. The summed E-state index contributed by atoms with van der Waals surface area (Å²) in [6.07, 6.45) is -0.194. The molecule has 4 nitrogen and oxygen atoms in total. The van der Waals surface area contributed by atoms with Gasteiger partial charge in [0.2, 0.25) is 0 Å². The molecule has 3 aliphatic rings. The third-order valence-corrected chi connectivity index (χ3v) is 4.03. The van der Waals surface area contributed by atoms with Crippen LogP contribution in [-0.2, 0) is 4.74 Å². The molecule has 3 fully saturated rings. The van der Waals surface area contributed by atoms with Crippen molar-refractivity contribution in [1.29, 1.82) is 0 Å². The van der Waals surface area contributed by atoms with Crippen LogP contribution < -0.4 is 5.32 Å². The Labute approximate surface area is 76.9 Å². The number of fused-ring (bicyclic) bond motifs is 3. The third kappa shape index (κ3) is 0.760. The Morgan fingerprint density at radius 3 is 3.00 bits per heavy atom. The number of ether oxygens (including phenoxy) is 1. The van der Waals surface area contributed by atoms with E-state index in [2.05, 4.69) is 5.32 Å². The first-order valence-corrected chi connectivity index (χ1v) is 4.88. The maximum absolute atomic E-state index is 10.3. The van der Waals surface area contributed by atoms with E-state index in [4.69, 9.17) is 4.74 Å². The Morgan fingerprint density at radius 1 is 1.54 bits per heavy atom. The maximum atomic E-state index is 10.3. The molecular weight excluding hydrogens is 170 g/mol. The molecule has 2 heterocycles. The first-order chi connectivity index (χ1) is 6.09. The quantitative estimate of drug-likeness (QED) is 0.417. The van der Waals surface area contributed by atoms with Gasteiger partial charge in [-0.15, -0.1) is 0 Å². The van der Waals surface area contributed by atoms with Crippen molar-refractivity contribution in [2.75, 3.05) is 13.1 Å². The van der Waals surface area contributed by atoms with Gasteiger partial charge in [-0.05, 0) is 19.9 Å². The average Bonchev–Trinajstić information content (AvgIpc) is 2.74. The lowest BCUT2D eigenvalue weighted by atomic mass is 9.79. The summed E-state index contributed by atoms with van der Waals surface area (Å²) in [5.41, 5.74) is -1.18. The van der Waals surface area contributed by atoms with Crippen LogP contribution in [0.3, 0.4) is 0 Å². The molecule has 74 valence electrons. The van der Waals surface area contributed by atoms with E-state index in [1.54, 1.807) is 0 Å². The van der Waals surface area contributed by atoms with Crippen LogP contribution in [0.2, 0.25) is 0 Å². The van der Waals surface area contributed by atoms with Gasteiger partial charge < -0.3 is 20.3 Å². The summed E-state index contributed by atoms with van der Waals surface area (Å²) < 4.78 is 5.44. The standard InChI is InChI=1S/C9H15NO3/c1-8-5-4-10-3-2-9(5,12)6(11)7(8)13-8/h5-7,10-12H,2-4H2,1H3/t5-,6-,7+,8-,9+/m1/s1. The molecule has 0 spiro atoms. The molecule has 0 unspecified atom stereocenters. The van der Waals surface area contributed by atoms with Gasteiger partial charge in [-0.3, -0.25) is 0 Å². The largest absolute Gasteiger partial charge is 0.387 e. The van der Waals surface area contributed by atoms with Crippen molar-refractivity contribution < 1.29 is 14.9 Å². The highest BCUT2D eigenvalue weighted by atomic mass is 16.6. The molecule has 5 atom stereocenters. The van der Waals surface area contributed by atoms with Gasteiger partial charge in [0.05, 0.1) is 0 Å². The summed E-state index contributed by atoms with van der Waals surface area (Å²) in [4.78, 5) is 0. The van der Waals surface area contributed by atoms with Crippen molar-refractivity contribution in [3.05, 3.63) is 0 Å². The Hall–Kier alpha value is -0.160. The van der Waals surface area contributed by atoms with E-state index in [0.717, 1.165) is 13.1 Å². The molecule has 0 radical (unpaired) electrons. The zero-order valence-corrected chi connectivity index (χ0v) is 7.66. The second kappa shape index (κ2) is 2.08. The Bertz CT molecular complexity index is 259. The first-order valence-electron chi connectivity index (χ1n) is 4.88. The molecule has 2 aliphatic heterocycles. The molecule has 0 amide bonds. The minimum absolute atomic E-state index is 0.0498. The lowest BCUT2D eigenvalue weighted by molar-refractivity contribution is -0.139. The molecule has 1 saturated carbocycles. The van der Waals surface area contributed by atoms with Crippen molar-refractivity contribution >= 4 is 0 Å². The molecule has 2 saturated heterocycles. The number of hydrogen-bond donors (Lipinski definition) is 3. The van der Waals surface area contributed by atoms with Crippen molar-refractivity contribution in [1.82, 2.24) is 5.32 Å². The fourth-order valence-corrected chi connectivity index (χ4v) is 3.10. The molecule has 0 aromatic rings. The highest BCUT2D eigenvalue weighted by Gasteiger charge is 2.76. The van der Waals surface area contributed by atoms with Crippen molar-refractivity contribution in [3.8, 4) is 0 Å². The Morgan fingerprint density at radius 2 is 2.31 bits per heavy atom. The van der Waals surface area contributed by atoms with E-state index in [1.165, 1.54) is 0 Å². The Balaban J connectivity index is 1.98. The number of hydrogen-bond acceptors (Lipinski definition) is 4. The van der Waals surface area contributed by atoms with Gasteiger partial charge >= 0.3 is 0 Å². The normalized spacial score (nSPS) is 64.4. The summed E-state index contributed by atoms with van der Waals surface area (Å²) in [5, 5.41) is 23.4. The fourth-order valence-electron chi connectivity index (χ4n) is 3.10. The third-order valence-electron chi connectivity index (χ3n) is 4.03. The van der Waals surface area contributed by atoms with E-state index in [9.17, 15) is 10.2 Å². The minimum atomic E-state index is -0.900. The molecule has 4 heteroatoms. The highest BCUT2D eigenvalue weighted by molar-refractivity contribution is 5.25. The number of piperidine rings is 1. The maximum Gasteiger partial charge on any atom is 0.116 e. The van der Waals surface area contributed by atoms with Crippen LogP contribution in [0.25, 0.3) is 0 Å². The van der Waals surface area contributed by atoms with E-state index in [1.807, 2.05) is 6.92 Å². The highest BCUT2D eigenvalue weighted by Crippen LogP contribution is 2.59. The van der Waals surface area contributed by atoms with E-state index < -0.39 is 11.7 Å². The fraction of sp³-hybridized carbons (Fsp3) is 1.00. The lowest BCUT2D eigenvalue weighted by Gasteiger charge is -2.40. The van der Waals surface area contributed by atoms with Crippen LogP contribution in [0, 0.1) is 5.92 Å². The zero-order valence-electron chi connectivity index (χ0n) is 7.66. The smallest absolute Gasteiger partial charge is 0.116 e. The van der Waals surface area contributed by atoms with Crippen LogP contribution in [0.5, 0.6) is 0 Å². The predicted octanol–water partition coefficient (Wildman–Crippen LogP) is -1.14. The van der Waals surface area contributed by atoms with Gasteiger partial charge in [-0.25, -0.2) is 0 Å². The van der Waals surface area contributed by atoms with Crippen molar-refractivity contribution in [3.63, 3.8) is 0 Å². The summed E-state index contributed by atoms with van der Waals surface area (Å²) in [7, 11) is 0. The molecule has 3 N–H and O–H groups in total. The van der Waals surface area contributed by atoms with Gasteiger partial charge in [0.25, 0.3) is 0 Å². The average molecular weight is 185 g/mol. The van der Waals surface area contributed by atoms with Crippen molar-refractivity contribution in [2.24, 2.45) is 5.92 Å². The topological polar surface area (TPSA) is 65.0 Å². The Kier molecular flexibility index (Phi) is 1.31. The number of rotatable bonds is 0. The van der Waals surface area contributed by atoms with Crippen LogP contribution in [0.15, 0.2) is 0 Å². The van der Waals surface area contributed by atoms with E-state index >= 15 is 0 Å². The minimum Gasteiger partial charge on any atom is -0.387 e. The van der Waals surface area contributed by atoms with E-state index in [-0.39, 0.29) is 17.6 Å². The molecule has 1 aliphatic carbocycles. The summed E-state index contributed by atoms with van der Waals surface area (Å²) >= 11 is 0. The van der Waals surface area contributed by atoms with Gasteiger partial charge in [0.15, 0.2) is 0 Å². The number of aliphatic hydroxyl groups excluding tert-OH is 1. The molecule has 0 aromatic heterocycles. The number of epoxide rings is 1. The molecule has 0 bridgehead atoms. The molecule has 3 rings (SSSR count). The molecule has 0 aromatic carbocycles. The lowest BCUT2D eigenvalue weighted by Crippen LogP contribution is -2.57. The second-order valence-corrected chi connectivity index (χ2v) is 4.67. The van der Waals surface area contributed by atoms with Gasteiger partial charge in [-0.1, -0.05) is 0 Å². The second-order valence-electron chi connectivity index (χ2n) is 4.67. The number of aliphatic hydroxyl groups is 2. The van der Waals surface area contributed by atoms with Crippen LogP contribution in [0.1, 0.15) is 13.3 Å². The predicted molar refractivity (Wildman–Crippen MR) is 45.2 cm³/mol. The summed E-state index contributed by atoms with van der Waals surface area (Å²) in [6.45, 7) is 3.52. The summed E-state index contributed by atoms with van der Waals surface area (Å²) in [5.74, 6) is 0.0498. The van der Waals surface area contributed by atoms with Crippen LogP contribution in [-0.4, -0.2) is 46.7 Å². The SMILES string of the molecule is C[C@]12O[C@H]1[C@@H](O)[C@]1(O)CCNC[C@@H]12. The zero-order chi connectivity index (χ0) is 9.27. The van der Waals surface area contributed by atoms with Gasteiger partial charge in [0.1, 0.15) is 23.4 Å². The molecular formula is C9H15NO3. The van der Waals surface area contributed by atoms with Crippen LogP contribution in [0.4, 0.5) is 0 Å².